The molecule has 8 nitrogen and oxygen atoms in total. The zero-order chi connectivity index (χ0) is 22.6. The van der Waals surface area contributed by atoms with Gasteiger partial charge in [0.2, 0.25) is 0 Å². The van der Waals surface area contributed by atoms with Crippen molar-refractivity contribution < 1.29 is 9.90 Å². The van der Waals surface area contributed by atoms with Crippen LogP contribution in [0.5, 0.6) is 5.75 Å². The van der Waals surface area contributed by atoms with Gasteiger partial charge in [0.1, 0.15) is 0 Å². The van der Waals surface area contributed by atoms with Crippen molar-refractivity contribution >= 4 is 22.6 Å². The van der Waals surface area contributed by atoms with Gasteiger partial charge in [0.05, 0.1) is 17.7 Å². The summed E-state index contributed by atoms with van der Waals surface area (Å²) in [5.74, 6) is -0.217. The van der Waals surface area contributed by atoms with Gasteiger partial charge in [0.15, 0.2) is 11.6 Å². The summed E-state index contributed by atoms with van der Waals surface area (Å²) >= 11 is 0. The average molecular weight is 441 g/mol. The number of para-hydroxylation sites is 1. The van der Waals surface area contributed by atoms with Crippen molar-refractivity contribution in [1.82, 2.24) is 19.4 Å². The molecule has 0 aliphatic carbocycles. The molecule has 1 saturated heterocycles. The van der Waals surface area contributed by atoms with E-state index in [1.165, 1.54) is 11.8 Å². The molecule has 166 valence electrons. The van der Waals surface area contributed by atoms with Crippen LogP contribution >= 0.6 is 0 Å². The molecule has 5 rings (SSSR count). The van der Waals surface area contributed by atoms with Gasteiger partial charge in [-0.1, -0.05) is 18.6 Å². The predicted molar refractivity (Wildman–Crippen MR) is 124 cm³/mol. The minimum Gasteiger partial charge on any atom is -0.504 e. The molecule has 3 aromatic heterocycles. The smallest absolute Gasteiger partial charge is 0.297 e. The fourth-order valence-corrected chi connectivity index (χ4v) is 4.46. The van der Waals surface area contributed by atoms with Crippen LogP contribution in [0.1, 0.15) is 41.2 Å². The largest absolute Gasteiger partial charge is 0.504 e. The number of aromatic nitrogens is 3. The van der Waals surface area contributed by atoms with Gasteiger partial charge in [0.25, 0.3) is 5.91 Å². The molecule has 1 unspecified atom stereocenters. The fourth-order valence-electron chi connectivity index (χ4n) is 4.46. The van der Waals surface area contributed by atoms with E-state index < -0.39 is 5.91 Å². The zero-order valence-corrected chi connectivity index (χ0v) is 18.1. The van der Waals surface area contributed by atoms with Crippen molar-refractivity contribution in [1.29, 1.82) is 0 Å². The summed E-state index contributed by atoms with van der Waals surface area (Å²) in [6.07, 6.45) is 9.99. The number of azo groups is 1. The highest BCUT2D eigenvalue weighted by Crippen LogP contribution is 2.40. The van der Waals surface area contributed by atoms with Crippen LogP contribution in [-0.4, -0.2) is 37.0 Å². The first-order valence-corrected chi connectivity index (χ1v) is 11.0. The van der Waals surface area contributed by atoms with Crippen LogP contribution in [0.4, 0.5) is 5.82 Å². The Morgan fingerprint density at radius 2 is 1.88 bits per heavy atom. The van der Waals surface area contributed by atoms with E-state index >= 15 is 0 Å². The van der Waals surface area contributed by atoms with Gasteiger partial charge in [-0.2, -0.15) is 0 Å². The molecule has 33 heavy (non-hydrogen) atoms. The summed E-state index contributed by atoms with van der Waals surface area (Å²) in [6, 6.07) is 15.3. The van der Waals surface area contributed by atoms with Crippen LogP contribution in [0.2, 0.25) is 0 Å². The van der Waals surface area contributed by atoms with Crippen LogP contribution < -0.4 is 0 Å². The number of aromatic hydroxyl groups is 1. The van der Waals surface area contributed by atoms with E-state index in [4.69, 9.17) is 0 Å². The number of likely N-dealkylation sites (tertiary alicyclic amines) is 1. The minimum absolute atomic E-state index is 0.0193. The summed E-state index contributed by atoms with van der Waals surface area (Å²) in [4.78, 5) is 23.0. The van der Waals surface area contributed by atoms with Crippen molar-refractivity contribution in [2.45, 2.75) is 32.0 Å². The van der Waals surface area contributed by atoms with Crippen molar-refractivity contribution in [3.8, 4) is 5.75 Å². The summed E-state index contributed by atoms with van der Waals surface area (Å²) in [7, 11) is 0. The van der Waals surface area contributed by atoms with Crippen molar-refractivity contribution in [2.75, 3.05) is 6.54 Å². The molecule has 1 N–H and O–H groups in total. The molecule has 1 aliphatic heterocycles. The monoisotopic (exact) mass is 440 g/mol. The van der Waals surface area contributed by atoms with Crippen molar-refractivity contribution in [3.63, 3.8) is 0 Å². The van der Waals surface area contributed by atoms with Crippen LogP contribution in [0.15, 0.2) is 83.5 Å². The molecule has 0 saturated carbocycles. The lowest BCUT2D eigenvalue weighted by atomic mass is 9.96. The number of rotatable bonds is 5. The van der Waals surface area contributed by atoms with E-state index in [0.717, 1.165) is 31.3 Å². The molecule has 0 radical (unpaired) electrons. The Labute approximate surface area is 191 Å². The van der Waals surface area contributed by atoms with E-state index in [9.17, 15) is 9.90 Å². The number of benzene rings is 1. The average Bonchev–Trinajstić information content (AvgIpc) is 3.14. The maximum Gasteiger partial charge on any atom is 0.297 e. The van der Waals surface area contributed by atoms with E-state index in [0.29, 0.717) is 17.6 Å². The Balaban J connectivity index is 1.52. The van der Waals surface area contributed by atoms with Gasteiger partial charge >= 0.3 is 0 Å². The molecule has 4 aromatic rings. The third-order valence-electron chi connectivity index (χ3n) is 6.09. The van der Waals surface area contributed by atoms with E-state index in [1.54, 1.807) is 18.3 Å². The van der Waals surface area contributed by atoms with Gasteiger partial charge in [-0.05, 0) is 54.8 Å². The van der Waals surface area contributed by atoms with Crippen LogP contribution in [0, 0.1) is 0 Å². The maximum absolute atomic E-state index is 12.5. The molecular formula is C25H24N6O2. The molecule has 1 amide bonds. The molecule has 1 atom stereocenters. The second-order valence-electron chi connectivity index (χ2n) is 8.11. The zero-order valence-electron chi connectivity index (χ0n) is 18.1. The summed E-state index contributed by atoms with van der Waals surface area (Å²) in [5.41, 5.74) is 2.41. The highest BCUT2D eigenvalue weighted by molar-refractivity contribution is 5.95. The number of piperidine rings is 1. The normalized spacial score (nSPS) is 17.0. The molecular weight excluding hydrogens is 416 g/mol. The molecule has 0 spiro atoms. The predicted octanol–water partition coefficient (Wildman–Crippen LogP) is 5.25. The van der Waals surface area contributed by atoms with Gasteiger partial charge in [0, 0.05) is 42.8 Å². The lowest BCUT2D eigenvalue weighted by Crippen LogP contribution is -2.34. The number of nitrogens with zero attached hydrogens (tertiary/aromatic N) is 6. The first-order valence-electron chi connectivity index (χ1n) is 11.0. The Hall–Kier alpha value is -3.91. The number of carbonyl (C=O) groups excluding carboxylic acids is 1. The first-order chi connectivity index (χ1) is 16.2. The second-order valence-corrected chi connectivity index (χ2v) is 8.11. The number of pyridine rings is 2. The Kier molecular flexibility index (Phi) is 5.91. The summed E-state index contributed by atoms with van der Waals surface area (Å²) in [5, 5.41) is 19.7. The fraction of sp³-hybridized carbons (Fsp3) is 0.240. The minimum atomic E-state index is -0.507. The Morgan fingerprint density at radius 1 is 1.03 bits per heavy atom. The van der Waals surface area contributed by atoms with Crippen molar-refractivity contribution in [3.05, 3.63) is 84.4 Å². The number of amides is 1. The highest BCUT2D eigenvalue weighted by atomic mass is 16.3. The number of hydrogen-bond donors (Lipinski definition) is 1. The van der Waals surface area contributed by atoms with E-state index in [-0.39, 0.29) is 17.6 Å². The number of carbonyl (C=O) groups is 1. The van der Waals surface area contributed by atoms with Crippen molar-refractivity contribution in [2.24, 2.45) is 10.2 Å². The molecule has 1 aromatic carbocycles. The quantitative estimate of drug-likeness (QED) is 0.428. The number of fused-ring (bicyclic) bond motifs is 1. The van der Waals surface area contributed by atoms with Crippen LogP contribution in [0.25, 0.3) is 10.9 Å². The SMILES string of the molecule is O=C(N=Nc1c(O)c2ccccc2n1CN1CCCCC1c1ccncc1)c1cccnc1. The van der Waals surface area contributed by atoms with Gasteiger partial charge in [-0.15, -0.1) is 10.2 Å². The van der Waals surface area contributed by atoms with E-state index in [2.05, 4.69) is 37.2 Å². The summed E-state index contributed by atoms with van der Waals surface area (Å²) in [6.45, 7) is 1.44. The topological polar surface area (TPSA) is 96.0 Å². The number of hydrogen-bond acceptors (Lipinski definition) is 6. The molecule has 1 aliphatic rings. The Bertz CT molecular complexity index is 1290. The highest BCUT2D eigenvalue weighted by Gasteiger charge is 2.26. The summed E-state index contributed by atoms with van der Waals surface area (Å²) < 4.78 is 1.93. The molecule has 0 bridgehead atoms. The third kappa shape index (κ3) is 4.25. The van der Waals surface area contributed by atoms with Crippen LogP contribution in [0.3, 0.4) is 0 Å². The van der Waals surface area contributed by atoms with E-state index in [1.807, 2.05) is 41.2 Å². The van der Waals surface area contributed by atoms with Gasteiger partial charge < -0.3 is 9.67 Å². The second kappa shape index (κ2) is 9.30. The first kappa shape index (κ1) is 21.0. The lowest BCUT2D eigenvalue weighted by Gasteiger charge is -2.36. The molecule has 8 heteroatoms. The van der Waals surface area contributed by atoms with Gasteiger partial charge in [-0.25, -0.2) is 0 Å². The maximum atomic E-state index is 12.5. The standard InChI is InChI=1S/C25H24N6O2/c32-23-20-7-1-2-9-22(20)31(24(23)28-29-25(33)19-6-5-12-27-16-19)17-30-15-4-3-8-21(30)18-10-13-26-14-11-18/h1-2,5-7,9-14,16,21,32H,3-4,8,15,17H2. The lowest BCUT2D eigenvalue weighted by molar-refractivity contribution is 0.0993. The third-order valence-corrected chi connectivity index (χ3v) is 6.09. The van der Waals surface area contributed by atoms with Gasteiger partial charge in [-0.3, -0.25) is 19.7 Å². The molecule has 1 fully saturated rings. The molecule has 4 heterocycles. The Morgan fingerprint density at radius 3 is 2.70 bits per heavy atom. The van der Waals surface area contributed by atoms with Crippen LogP contribution in [-0.2, 0) is 6.67 Å².